The first-order chi connectivity index (χ1) is 8.00. The first-order valence-electron chi connectivity index (χ1n) is 5.08. The summed E-state index contributed by atoms with van der Waals surface area (Å²) in [6, 6.07) is 8.79. The van der Waals surface area contributed by atoms with Crippen molar-refractivity contribution in [2.45, 2.75) is 5.06 Å². The van der Waals surface area contributed by atoms with Crippen LogP contribution in [-0.2, 0) is 0 Å². The highest BCUT2D eigenvalue weighted by Crippen LogP contribution is 2.34. The second kappa shape index (κ2) is 4.77. The Kier molecular flexibility index (Phi) is 3.52. The molecule has 1 aliphatic carbocycles. The lowest BCUT2D eigenvalue weighted by molar-refractivity contribution is 0.0764. The van der Waals surface area contributed by atoms with Gasteiger partial charge >= 0.3 is 0 Å². The third-order valence-electron chi connectivity index (χ3n) is 2.58. The first kappa shape index (κ1) is 12.6. The predicted molar refractivity (Wildman–Crippen MR) is 71.2 cm³/mol. The van der Waals surface area contributed by atoms with Gasteiger partial charge in [0.05, 0.1) is 5.92 Å². The summed E-state index contributed by atoms with van der Waals surface area (Å²) in [6.07, 6.45) is 4.65. The molecular formula is C13H10BrClO2. The lowest BCUT2D eigenvalue weighted by Gasteiger charge is -2.27. The third-order valence-corrected chi connectivity index (χ3v) is 3.47. The number of ketones is 1. The van der Waals surface area contributed by atoms with Crippen molar-refractivity contribution in [2.75, 3.05) is 0 Å². The highest BCUT2D eigenvalue weighted by molar-refractivity contribution is 9.11. The van der Waals surface area contributed by atoms with Gasteiger partial charge in [0.1, 0.15) is 0 Å². The van der Waals surface area contributed by atoms with Crippen LogP contribution in [0.25, 0.3) is 0 Å². The van der Waals surface area contributed by atoms with E-state index in [1.165, 1.54) is 6.08 Å². The van der Waals surface area contributed by atoms with Crippen LogP contribution in [-0.4, -0.2) is 16.0 Å². The second-order valence-electron chi connectivity index (χ2n) is 3.82. The molecule has 17 heavy (non-hydrogen) atoms. The topological polar surface area (TPSA) is 37.3 Å². The maximum absolute atomic E-state index is 12.2. The maximum atomic E-state index is 12.2. The van der Waals surface area contributed by atoms with Crippen LogP contribution < -0.4 is 0 Å². The fraction of sp³-hybridized carbons (Fsp3) is 0.154. The average Bonchev–Trinajstić information content (AvgIpc) is 2.33. The molecule has 1 N–H and O–H groups in total. The van der Waals surface area contributed by atoms with Crippen molar-refractivity contribution in [1.29, 1.82) is 0 Å². The van der Waals surface area contributed by atoms with Gasteiger partial charge in [-0.25, -0.2) is 0 Å². The fourth-order valence-electron chi connectivity index (χ4n) is 1.67. The number of benzene rings is 1. The van der Waals surface area contributed by atoms with Crippen molar-refractivity contribution in [3.63, 3.8) is 0 Å². The number of hydrogen-bond donors (Lipinski definition) is 1. The summed E-state index contributed by atoms with van der Waals surface area (Å²) in [5.41, 5.74) is 0.531. The minimum atomic E-state index is -1.66. The van der Waals surface area contributed by atoms with Crippen molar-refractivity contribution in [1.82, 2.24) is 0 Å². The monoisotopic (exact) mass is 312 g/mol. The van der Waals surface area contributed by atoms with Gasteiger partial charge in [0.2, 0.25) is 0 Å². The zero-order valence-corrected chi connectivity index (χ0v) is 11.1. The smallest absolute Gasteiger partial charge is 0.174 e. The molecule has 0 saturated carbocycles. The molecule has 0 amide bonds. The van der Waals surface area contributed by atoms with Crippen molar-refractivity contribution in [3.05, 3.63) is 58.6 Å². The summed E-state index contributed by atoms with van der Waals surface area (Å²) >= 11 is 9.20. The van der Waals surface area contributed by atoms with Gasteiger partial charge in [-0.2, -0.15) is 0 Å². The van der Waals surface area contributed by atoms with E-state index >= 15 is 0 Å². The normalized spacial score (nSPS) is 27.7. The standard InChI is InChI=1S/C13H10BrClO2/c14-10-6-7-13(15,17)11(8-10)12(16)9-4-2-1-3-5-9/h1-8,11,17H. The molecule has 1 aromatic rings. The Labute approximate surface area is 113 Å². The second-order valence-corrected chi connectivity index (χ2v) is 5.34. The number of carbonyl (C=O) groups is 1. The summed E-state index contributed by atoms with van der Waals surface area (Å²) in [5.74, 6) is -0.990. The maximum Gasteiger partial charge on any atom is 0.174 e. The van der Waals surface area contributed by atoms with E-state index in [0.717, 1.165) is 4.48 Å². The molecule has 1 aromatic carbocycles. The lowest BCUT2D eigenvalue weighted by atomic mass is 9.89. The minimum Gasteiger partial charge on any atom is -0.370 e. The molecule has 0 aromatic heterocycles. The zero-order valence-electron chi connectivity index (χ0n) is 8.81. The molecule has 88 valence electrons. The van der Waals surface area contributed by atoms with Gasteiger partial charge in [-0.05, 0) is 12.2 Å². The molecule has 2 unspecified atom stereocenters. The van der Waals surface area contributed by atoms with E-state index in [1.54, 1.807) is 36.4 Å². The van der Waals surface area contributed by atoms with Gasteiger partial charge in [-0.3, -0.25) is 4.79 Å². The number of rotatable bonds is 2. The molecule has 2 rings (SSSR count). The molecule has 2 atom stereocenters. The molecule has 0 fully saturated rings. The SMILES string of the molecule is O=C(c1ccccc1)C1C=C(Br)C=CC1(O)Cl. The number of halogens is 2. The Hall–Kier alpha value is -0.900. The first-order valence-corrected chi connectivity index (χ1v) is 6.25. The van der Waals surface area contributed by atoms with Gasteiger partial charge in [0.15, 0.2) is 10.8 Å². The van der Waals surface area contributed by atoms with Crippen LogP contribution in [0.5, 0.6) is 0 Å². The lowest BCUT2D eigenvalue weighted by Crippen LogP contribution is -2.36. The quantitative estimate of drug-likeness (QED) is 0.672. The van der Waals surface area contributed by atoms with Crippen LogP contribution >= 0.6 is 27.5 Å². The molecule has 0 radical (unpaired) electrons. The van der Waals surface area contributed by atoms with Crippen LogP contribution in [0.3, 0.4) is 0 Å². The Bertz CT molecular complexity index is 491. The van der Waals surface area contributed by atoms with Crippen molar-refractivity contribution in [3.8, 4) is 0 Å². The van der Waals surface area contributed by atoms with Crippen LogP contribution in [0.4, 0.5) is 0 Å². The van der Waals surface area contributed by atoms with E-state index in [9.17, 15) is 9.90 Å². The summed E-state index contributed by atoms with van der Waals surface area (Å²) < 4.78 is 0.733. The summed E-state index contributed by atoms with van der Waals surface area (Å²) in [4.78, 5) is 12.2. The van der Waals surface area contributed by atoms with Crippen LogP contribution in [0.15, 0.2) is 53.0 Å². The molecule has 0 aliphatic heterocycles. The van der Waals surface area contributed by atoms with E-state index in [4.69, 9.17) is 11.6 Å². The summed E-state index contributed by atoms with van der Waals surface area (Å²) in [6.45, 7) is 0. The zero-order chi connectivity index (χ0) is 12.5. The van der Waals surface area contributed by atoms with Crippen molar-refractivity contribution < 1.29 is 9.90 Å². The minimum absolute atomic E-state index is 0.204. The van der Waals surface area contributed by atoms with Gasteiger partial charge < -0.3 is 5.11 Å². The summed E-state index contributed by atoms with van der Waals surface area (Å²) in [7, 11) is 0. The van der Waals surface area contributed by atoms with Gasteiger partial charge in [-0.15, -0.1) is 0 Å². The van der Waals surface area contributed by atoms with Crippen LogP contribution in [0, 0.1) is 5.92 Å². The molecule has 4 heteroatoms. The molecule has 0 spiro atoms. The van der Waals surface area contributed by atoms with E-state index in [0.29, 0.717) is 5.56 Å². The Morgan fingerprint density at radius 2 is 2.00 bits per heavy atom. The summed E-state index contributed by atoms with van der Waals surface area (Å²) in [5, 5.41) is 8.31. The molecular weight excluding hydrogens is 303 g/mol. The van der Waals surface area contributed by atoms with Gasteiger partial charge in [-0.1, -0.05) is 63.9 Å². The highest BCUT2D eigenvalue weighted by Gasteiger charge is 2.38. The molecule has 0 heterocycles. The van der Waals surface area contributed by atoms with E-state index in [-0.39, 0.29) is 5.78 Å². The predicted octanol–water partition coefficient (Wildman–Crippen LogP) is 3.26. The van der Waals surface area contributed by atoms with E-state index in [1.807, 2.05) is 6.07 Å². The van der Waals surface area contributed by atoms with E-state index < -0.39 is 11.0 Å². The molecule has 0 bridgehead atoms. The number of hydrogen-bond acceptors (Lipinski definition) is 2. The Morgan fingerprint density at radius 1 is 1.35 bits per heavy atom. The third kappa shape index (κ3) is 2.68. The van der Waals surface area contributed by atoms with Gasteiger partial charge in [0.25, 0.3) is 0 Å². The van der Waals surface area contributed by atoms with Crippen molar-refractivity contribution in [2.24, 2.45) is 5.92 Å². The fourth-order valence-corrected chi connectivity index (χ4v) is 2.29. The van der Waals surface area contributed by atoms with Gasteiger partial charge in [0, 0.05) is 10.0 Å². The molecule has 2 nitrogen and oxygen atoms in total. The van der Waals surface area contributed by atoms with Crippen molar-refractivity contribution >= 4 is 33.3 Å². The number of alkyl halides is 1. The highest BCUT2D eigenvalue weighted by atomic mass is 79.9. The number of allylic oxidation sites excluding steroid dienone is 2. The number of carbonyl (C=O) groups excluding carboxylic acids is 1. The van der Waals surface area contributed by atoms with E-state index in [2.05, 4.69) is 15.9 Å². The Balaban J connectivity index is 2.34. The average molecular weight is 314 g/mol. The molecule has 1 aliphatic rings. The van der Waals surface area contributed by atoms with Crippen LogP contribution in [0.2, 0.25) is 0 Å². The Morgan fingerprint density at radius 3 is 2.65 bits per heavy atom. The van der Waals surface area contributed by atoms with Crippen LogP contribution in [0.1, 0.15) is 10.4 Å². The number of Topliss-reactive ketones (excluding diaryl/α,β-unsaturated/α-hetero) is 1. The largest absolute Gasteiger partial charge is 0.370 e. The molecule has 0 saturated heterocycles. The number of aliphatic hydroxyl groups is 1.